The lowest BCUT2D eigenvalue weighted by Gasteiger charge is -2.16. The van der Waals surface area contributed by atoms with Crippen molar-refractivity contribution in [3.05, 3.63) is 47.3 Å². The summed E-state index contributed by atoms with van der Waals surface area (Å²) in [6.07, 6.45) is 2.51. The van der Waals surface area contributed by atoms with E-state index in [9.17, 15) is 4.79 Å². The standard InChI is InChI=1S/C17H22N4O2/c1-12-4-2-3-5-14(12)10-23-11-16(22)21-7-6-13(9-21)17-15(18)8-19-20-17/h2-5,8,13H,6-7,9-11,18H2,1H3,(H,19,20). The molecule has 0 saturated carbocycles. The summed E-state index contributed by atoms with van der Waals surface area (Å²) in [5.41, 5.74) is 9.77. The number of ether oxygens (including phenoxy) is 1. The molecule has 2 heterocycles. The fourth-order valence-corrected chi connectivity index (χ4v) is 2.97. The van der Waals surface area contributed by atoms with E-state index < -0.39 is 0 Å². The molecule has 3 N–H and O–H groups in total. The Kier molecular flexibility index (Phi) is 4.62. The van der Waals surface area contributed by atoms with Gasteiger partial charge in [0.2, 0.25) is 5.91 Å². The molecule has 6 heteroatoms. The second-order valence-corrected chi connectivity index (χ2v) is 5.98. The maximum Gasteiger partial charge on any atom is 0.248 e. The third kappa shape index (κ3) is 3.53. The second-order valence-electron chi connectivity index (χ2n) is 5.98. The van der Waals surface area contributed by atoms with Crippen molar-refractivity contribution in [2.24, 2.45) is 0 Å². The van der Waals surface area contributed by atoms with Crippen LogP contribution in [0, 0.1) is 6.92 Å². The van der Waals surface area contributed by atoms with Gasteiger partial charge in [0, 0.05) is 19.0 Å². The number of nitrogens with zero attached hydrogens (tertiary/aromatic N) is 2. The number of nitrogens with two attached hydrogens (primary N) is 1. The molecule has 0 bridgehead atoms. The minimum Gasteiger partial charge on any atom is -0.396 e. The van der Waals surface area contributed by atoms with E-state index in [2.05, 4.69) is 10.2 Å². The summed E-state index contributed by atoms with van der Waals surface area (Å²) in [7, 11) is 0. The van der Waals surface area contributed by atoms with Crippen LogP contribution in [0.25, 0.3) is 0 Å². The largest absolute Gasteiger partial charge is 0.396 e. The number of nitrogen functional groups attached to an aromatic ring is 1. The minimum atomic E-state index is 0.0270. The molecule has 0 radical (unpaired) electrons. The lowest BCUT2D eigenvalue weighted by Crippen LogP contribution is -2.31. The molecule has 23 heavy (non-hydrogen) atoms. The van der Waals surface area contributed by atoms with E-state index in [1.165, 1.54) is 5.56 Å². The van der Waals surface area contributed by atoms with Gasteiger partial charge >= 0.3 is 0 Å². The molecule has 122 valence electrons. The van der Waals surface area contributed by atoms with E-state index in [0.29, 0.717) is 18.8 Å². The number of carbonyl (C=O) groups excluding carboxylic acids is 1. The van der Waals surface area contributed by atoms with Gasteiger partial charge in [-0.3, -0.25) is 9.89 Å². The van der Waals surface area contributed by atoms with Crippen molar-refractivity contribution in [2.75, 3.05) is 25.4 Å². The number of nitrogens with one attached hydrogen (secondary N) is 1. The summed E-state index contributed by atoms with van der Waals surface area (Å²) in [4.78, 5) is 14.1. The lowest BCUT2D eigenvalue weighted by atomic mass is 10.0. The highest BCUT2D eigenvalue weighted by Crippen LogP contribution is 2.29. The molecule has 1 aliphatic rings. The Labute approximate surface area is 135 Å². The van der Waals surface area contributed by atoms with Gasteiger partial charge < -0.3 is 15.4 Å². The van der Waals surface area contributed by atoms with Gasteiger partial charge in [-0.05, 0) is 24.5 Å². The van der Waals surface area contributed by atoms with Crippen LogP contribution in [0.2, 0.25) is 0 Å². The van der Waals surface area contributed by atoms with Crippen molar-refractivity contribution in [1.82, 2.24) is 15.1 Å². The number of hydrogen-bond donors (Lipinski definition) is 2. The third-order valence-corrected chi connectivity index (χ3v) is 4.39. The molecule has 2 aromatic rings. The molecule has 0 aliphatic carbocycles. The first-order valence-corrected chi connectivity index (χ1v) is 7.84. The zero-order chi connectivity index (χ0) is 16.2. The van der Waals surface area contributed by atoms with Crippen molar-refractivity contribution >= 4 is 11.6 Å². The van der Waals surface area contributed by atoms with Gasteiger partial charge in [0.05, 0.1) is 24.2 Å². The number of H-pyrrole nitrogens is 1. The predicted octanol–water partition coefficient (Wildman–Crippen LogP) is 1.83. The molecule has 1 aromatic carbocycles. The highest BCUT2D eigenvalue weighted by Gasteiger charge is 2.29. The van der Waals surface area contributed by atoms with Gasteiger partial charge in [0.25, 0.3) is 0 Å². The van der Waals surface area contributed by atoms with Crippen LogP contribution in [0.5, 0.6) is 0 Å². The Morgan fingerprint density at radius 2 is 2.30 bits per heavy atom. The van der Waals surface area contributed by atoms with Gasteiger partial charge in [-0.25, -0.2) is 0 Å². The quantitative estimate of drug-likeness (QED) is 0.882. The van der Waals surface area contributed by atoms with Crippen LogP contribution in [0.1, 0.15) is 29.2 Å². The zero-order valence-corrected chi connectivity index (χ0v) is 13.3. The summed E-state index contributed by atoms with van der Waals surface area (Å²) in [6.45, 7) is 4.01. The molecule has 1 aromatic heterocycles. The fraction of sp³-hybridized carbons (Fsp3) is 0.412. The van der Waals surface area contributed by atoms with Crippen LogP contribution in [0.15, 0.2) is 30.5 Å². The highest BCUT2D eigenvalue weighted by atomic mass is 16.5. The highest BCUT2D eigenvalue weighted by molar-refractivity contribution is 5.77. The fourth-order valence-electron chi connectivity index (χ4n) is 2.97. The molecular weight excluding hydrogens is 292 g/mol. The molecule has 1 aliphatic heterocycles. The van der Waals surface area contributed by atoms with E-state index in [4.69, 9.17) is 10.5 Å². The summed E-state index contributed by atoms with van der Waals surface area (Å²) in [5.74, 6) is 0.261. The summed E-state index contributed by atoms with van der Waals surface area (Å²) >= 11 is 0. The Hall–Kier alpha value is -2.34. The maximum absolute atomic E-state index is 12.3. The number of carbonyl (C=O) groups is 1. The van der Waals surface area contributed by atoms with E-state index >= 15 is 0 Å². The number of amides is 1. The number of aromatic amines is 1. The maximum atomic E-state index is 12.3. The molecule has 1 amide bonds. The molecule has 0 spiro atoms. The number of aryl methyl sites for hydroxylation is 1. The van der Waals surface area contributed by atoms with E-state index in [1.54, 1.807) is 6.20 Å². The average Bonchev–Trinajstić information content (AvgIpc) is 3.17. The molecule has 1 fully saturated rings. The lowest BCUT2D eigenvalue weighted by molar-refractivity contribution is -0.135. The number of hydrogen-bond acceptors (Lipinski definition) is 4. The number of aromatic nitrogens is 2. The molecule has 6 nitrogen and oxygen atoms in total. The molecule has 3 rings (SSSR count). The zero-order valence-electron chi connectivity index (χ0n) is 13.3. The second kappa shape index (κ2) is 6.83. The van der Waals surface area contributed by atoms with Gasteiger partial charge in [0.1, 0.15) is 6.61 Å². The summed E-state index contributed by atoms with van der Waals surface area (Å²) in [6, 6.07) is 8.04. The number of anilines is 1. The van der Waals surface area contributed by atoms with Crippen molar-refractivity contribution in [1.29, 1.82) is 0 Å². The normalized spacial score (nSPS) is 17.6. The van der Waals surface area contributed by atoms with Crippen molar-refractivity contribution in [3.63, 3.8) is 0 Å². The van der Waals surface area contributed by atoms with Crippen LogP contribution in [0.4, 0.5) is 5.69 Å². The topological polar surface area (TPSA) is 84.2 Å². The Balaban J connectivity index is 1.48. The van der Waals surface area contributed by atoms with E-state index in [1.807, 2.05) is 36.1 Å². The molecule has 1 atom stereocenters. The van der Waals surface area contributed by atoms with Gasteiger partial charge in [0.15, 0.2) is 0 Å². The van der Waals surface area contributed by atoms with Crippen LogP contribution < -0.4 is 5.73 Å². The Morgan fingerprint density at radius 1 is 1.48 bits per heavy atom. The molecule has 1 saturated heterocycles. The smallest absolute Gasteiger partial charge is 0.248 e. The van der Waals surface area contributed by atoms with Gasteiger partial charge in [-0.15, -0.1) is 0 Å². The molecular formula is C17H22N4O2. The minimum absolute atomic E-state index is 0.0270. The van der Waals surface area contributed by atoms with Crippen LogP contribution >= 0.6 is 0 Å². The first-order chi connectivity index (χ1) is 11.1. The van der Waals surface area contributed by atoms with E-state index in [-0.39, 0.29) is 18.4 Å². The van der Waals surface area contributed by atoms with E-state index in [0.717, 1.165) is 24.2 Å². The van der Waals surface area contributed by atoms with Gasteiger partial charge in [-0.2, -0.15) is 5.10 Å². The van der Waals surface area contributed by atoms with Crippen LogP contribution in [-0.2, 0) is 16.1 Å². The Bertz CT molecular complexity index is 683. The first kappa shape index (κ1) is 15.6. The van der Waals surface area contributed by atoms with Crippen LogP contribution in [0.3, 0.4) is 0 Å². The SMILES string of the molecule is Cc1ccccc1COCC(=O)N1CCC(c2[nH]ncc2N)C1. The summed E-state index contributed by atoms with van der Waals surface area (Å²) in [5, 5.41) is 6.88. The van der Waals surface area contributed by atoms with Crippen molar-refractivity contribution in [3.8, 4) is 0 Å². The first-order valence-electron chi connectivity index (χ1n) is 7.84. The van der Waals surface area contributed by atoms with Crippen LogP contribution in [-0.4, -0.2) is 40.7 Å². The third-order valence-electron chi connectivity index (χ3n) is 4.39. The number of benzene rings is 1. The number of rotatable bonds is 5. The van der Waals surface area contributed by atoms with Crippen molar-refractivity contribution in [2.45, 2.75) is 25.9 Å². The Morgan fingerprint density at radius 3 is 3.04 bits per heavy atom. The van der Waals surface area contributed by atoms with Crippen molar-refractivity contribution < 1.29 is 9.53 Å². The summed E-state index contributed by atoms with van der Waals surface area (Å²) < 4.78 is 5.59. The number of likely N-dealkylation sites (tertiary alicyclic amines) is 1. The van der Waals surface area contributed by atoms with Gasteiger partial charge in [-0.1, -0.05) is 24.3 Å². The average molecular weight is 314 g/mol. The predicted molar refractivity (Wildman–Crippen MR) is 87.8 cm³/mol. The monoisotopic (exact) mass is 314 g/mol. The molecule has 1 unspecified atom stereocenters.